The fourth-order valence-corrected chi connectivity index (χ4v) is 2.24. The highest BCUT2D eigenvalue weighted by Crippen LogP contribution is 2.21. The van der Waals surface area contributed by atoms with E-state index in [0.29, 0.717) is 24.5 Å². The number of nitrogens with one attached hydrogen (secondary N) is 2. The number of oxime groups is 1. The molecule has 1 aromatic rings. The normalized spacial score (nSPS) is 18.9. The summed E-state index contributed by atoms with van der Waals surface area (Å²) in [5.74, 6) is -0.0780. The fraction of sp³-hybridized carbons (Fsp3) is 0.333. The molecule has 5 N–H and O–H groups in total. The van der Waals surface area contributed by atoms with Gasteiger partial charge in [0.05, 0.1) is 18.3 Å². The molecule has 0 bridgehead atoms. The Hall–Kier alpha value is -1.80. The predicted octanol–water partition coefficient (Wildman–Crippen LogP) is 1.45. The number of carbonyl (C=O) groups is 1. The van der Waals surface area contributed by atoms with Gasteiger partial charge in [0, 0.05) is 16.6 Å². The van der Waals surface area contributed by atoms with E-state index in [9.17, 15) is 4.79 Å². The summed E-state index contributed by atoms with van der Waals surface area (Å²) >= 11 is 3.29. The van der Waals surface area contributed by atoms with E-state index in [-0.39, 0.29) is 17.9 Å². The lowest BCUT2D eigenvalue weighted by Gasteiger charge is -2.14. The highest BCUT2D eigenvalue weighted by atomic mass is 79.9. The van der Waals surface area contributed by atoms with Crippen molar-refractivity contribution in [3.05, 3.63) is 28.2 Å². The van der Waals surface area contributed by atoms with Crippen molar-refractivity contribution in [3.63, 3.8) is 0 Å². The summed E-state index contributed by atoms with van der Waals surface area (Å²) in [6, 6.07) is 4.74. The van der Waals surface area contributed by atoms with E-state index in [4.69, 9.17) is 15.7 Å². The summed E-state index contributed by atoms with van der Waals surface area (Å²) < 4.78 is 5.94. The van der Waals surface area contributed by atoms with Crippen molar-refractivity contribution in [2.45, 2.75) is 12.5 Å². The average molecular weight is 343 g/mol. The number of amides is 2. The van der Waals surface area contributed by atoms with Crippen molar-refractivity contribution >= 4 is 33.5 Å². The van der Waals surface area contributed by atoms with Crippen molar-refractivity contribution in [2.24, 2.45) is 10.9 Å². The van der Waals surface area contributed by atoms with Crippen LogP contribution in [0.15, 0.2) is 27.8 Å². The van der Waals surface area contributed by atoms with Crippen LogP contribution in [0.3, 0.4) is 0 Å². The first-order valence-electron chi connectivity index (χ1n) is 6.03. The van der Waals surface area contributed by atoms with Gasteiger partial charge >= 0.3 is 6.03 Å². The number of halogens is 1. The molecule has 1 unspecified atom stereocenters. The SMILES string of the molecule is N/C(=N/O)c1cc(Br)ccc1NC(=O)NC1CCOC1. The molecule has 1 saturated heterocycles. The van der Waals surface area contributed by atoms with Crippen molar-refractivity contribution in [3.8, 4) is 0 Å². The number of nitrogens with zero attached hydrogens (tertiary/aromatic N) is 1. The number of amidine groups is 1. The molecule has 1 fully saturated rings. The lowest BCUT2D eigenvalue weighted by Crippen LogP contribution is -2.38. The highest BCUT2D eigenvalue weighted by molar-refractivity contribution is 9.10. The minimum atomic E-state index is -0.352. The van der Waals surface area contributed by atoms with Gasteiger partial charge in [0.1, 0.15) is 0 Å². The first-order chi connectivity index (χ1) is 9.60. The van der Waals surface area contributed by atoms with Crippen LogP contribution in [0.2, 0.25) is 0 Å². The van der Waals surface area contributed by atoms with Crippen molar-refractivity contribution < 1.29 is 14.7 Å². The minimum Gasteiger partial charge on any atom is -0.409 e. The van der Waals surface area contributed by atoms with Gasteiger partial charge in [-0.2, -0.15) is 0 Å². The molecule has 2 rings (SSSR count). The second kappa shape index (κ2) is 6.58. The van der Waals surface area contributed by atoms with E-state index in [1.165, 1.54) is 0 Å². The van der Waals surface area contributed by atoms with Gasteiger partial charge in [0.15, 0.2) is 5.84 Å². The van der Waals surface area contributed by atoms with Gasteiger partial charge in [-0.1, -0.05) is 21.1 Å². The zero-order valence-corrected chi connectivity index (χ0v) is 12.2. The van der Waals surface area contributed by atoms with Crippen LogP contribution in [0, 0.1) is 0 Å². The van der Waals surface area contributed by atoms with Crippen LogP contribution >= 0.6 is 15.9 Å². The Morgan fingerprint density at radius 2 is 2.35 bits per heavy atom. The summed E-state index contributed by atoms with van der Waals surface area (Å²) in [5.41, 5.74) is 6.48. The number of hydrogen-bond acceptors (Lipinski definition) is 4. The Balaban J connectivity index is 2.09. The number of urea groups is 1. The number of anilines is 1. The highest BCUT2D eigenvalue weighted by Gasteiger charge is 2.18. The van der Waals surface area contributed by atoms with E-state index in [1.54, 1.807) is 18.2 Å². The Morgan fingerprint density at radius 1 is 1.55 bits per heavy atom. The first kappa shape index (κ1) is 14.6. The second-order valence-corrected chi connectivity index (χ2v) is 5.25. The first-order valence-corrected chi connectivity index (χ1v) is 6.82. The molecular formula is C12H15BrN4O3. The molecular weight excluding hydrogens is 328 g/mol. The minimum absolute atomic E-state index is 0.0118. The van der Waals surface area contributed by atoms with E-state index < -0.39 is 0 Å². The standard InChI is InChI=1S/C12H15BrN4O3/c13-7-1-2-10(9(5-7)11(14)17-19)16-12(18)15-8-3-4-20-6-8/h1-2,5,8,19H,3-4,6H2,(H2,14,17)(H2,15,16,18). The molecule has 8 heteroatoms. The molecule has 1 aliphatic rings. The molecule has 0 aliphatic carbocycles. The molecule has 108 valence electrons. The molecule has 7 nitrogen and oxygen atoms in total. The fourth-order valence-electron chi connectivity index (χ4n) is 1.88. The maximum atomic E-state index is 11.9. The molecule has 0 aromatic heterocycles. The van der Waals surface area contributed by atoms with Crippen LogP contribution in [0.1, 0.15) is 12.0 Å². The smallest absolute Gasteiger partial charge is 0.319 e. The van der Waals surface area contributed by atoms with Crippen LogP contribution in [0.4, 0.5) is 10.5 Å². The summed E-state index contributed by atoms with van der Waals surface area (Å²) in [6.45, 7) is 1.17. The maximum absolute atomic E-state index is 11.9. The van der Waals surface area contributed by atoms with Crippen LogP contribution in [0.25, 0.3) is 0 Å². The number of hydrogen-bond donors (Lipinski definition) is 4. The summed E-state index contributed by atoms with van der Waals surface area (Å²) in [4.78, 5) is 11.9. The van der Waals surface area contributed by atoms with Gasteiger partial charge in [0.25, 0.3) is 0 Å². The summed E-state index contributed by atoms with van der Waals surface area (Å²) in [7, 11) is 0. The zero-order chi connectivity index (χ0) is 14.5. The molecule has 1 aromatic carbocycles. The topological polar surface area (TPSA) is 109 Å². The number of carbonyl (C=O) groups excluding carboxylic acids is 1. The van der Waals surface area contributed by atoms with E-state index in [1.807, 2.05) is 0 Å². The number of rotatable bonds is 3. The number of nitrogens with two attached hydrogens (primary N) is 1. The van der Waals surface area contributed by atoms with Crippen molar-refractivity contribution in [1.82, 2.24) is 5.32 Å². The third kappa shape index (κ3) is 3.61. The van der Waals surface area contributed by atoms with Gasteiger partial charge in [-0.3, -0.25) is 0 Å². The monoisotopic (exact) mass is 342 g/mol. The molecule has 1 atom stereocenters. The predicted molar refractivity (Wildman–Crippen MR) is 78.0 cm³/mol. The molecule has 0 spiro atoms. The lowest BCUT2D eigenvalue weighted by atomic mass is 10.1. The molecule has 1 heterocycles. The van der Waals surface area contributed by atoms with Crippen molar-refractivity contribution in [2.75, 3.05) is 18.5 Å². The van der Waals surface area contributed by atoms with E-state index in [2.05, 4.69) is 31.7 Å². The Morgan fingerprint density at radius 3 is 3.00 bits per heavy atom. The van der Waals surface area contributed by atoms with Crippen LogP contribution < -0.4 is 16.4 Å². The van der Waals surface area contributed by atoms with Crippen LogP contribution in [0.5, 0.6) is 0 Å². The zero-order valence-electron chi connectivity index (χ0n) is 10.6. The third-order valence-electron chi connectivity index (χ3n) is 2.88. The van der Waals surface area contributed by atoms with Gasteiger partial charge in [-0.05, 0) is 24.6 Å². The molecule has 0 radical (unpaired) electrons. The average Bonchev–Trinajstić information content (AvgIpc) is 2.92. The third-order valence-corrected chi connectivity index (χ3v) is 3.37. The maximum Gasteiger partial charge on any atom is 0.319 e. The quantitative estimate of drug-likeness (QED) is 0.288. The number of benzene rings is 1. The van der Waals surface area contributed by atoms with Gasteiger partial charge in [-0.15, -0.1) is 0 Å². The summed E-state index contributed by atoms with van der Waals surface area (Å²) in [5, 5.41) is 17.2. The molecule has 20 heavy (non-hydrogen) atoms. The van der Waals surface area contributed by atoms with Crippen LogP contribution in [-0.2, 0) is 4.74 Å². The van der Waals surface area contributed by atoms with Gasteiger partial charge in [0.2, 0.25) is 0 Å². The lowest BCUT2D eigenvalue weighted by molar-refractivity contribution is 0.189. The van der Waals surface area contributed by atoms with Gasteiger partial charge < -0.3 is 26.3 Å². The Labute approximate surface area is 124 Å². The second-order valence-electron chi connectivity index (χ2n) is 4.33. The summed E-state index contributed by atoms with van der Waals surface area (Å²) in [6.07, 6.45) is 0.793. The van der Waals surface area contributed by atoms with E-state index >= 15 is 0 Å². The van der Waals surface area contributed by atoms with Crippen LogP contribution in [-0.4, -0.2) is 36.3 Å². The number of ether oxygens (including phenoxy) is 1. The van der Waals surface area contributed by atoms with Crippen molar-refractivity contribution in [1.29, 1.82) is 0 Å². The molecule has 2 amide bonds. The Bertz CT molecular complexity index is 529. The van der Waals surface area contributed by atoms with E-state index in [0.717, 1.165) is 10.9 Å². The Kier molecular flexibility index (Phi) is 4.80. The van der Waals surface area contributed by atoms with Gasteiger partial charge in [-0.25, -0.2) is 4.79 Å². The molecule has 1 aliphatic heterocycles. The molecule has 0 saturated carbocycles. The largest absolute Gasteiger partial charge is 0.409 e.